The van der Waals surface area contributed by atoms with E-state index in [9.17, 15) is 4.79 Å². The molecule has 1 aromatic carbocycles. The highest BCUT2D eigenvalue weighted by atomic mass is 79.9. The minimum absolute atomic E-state index is 0.0263. The predicted molar refractivity (Wildman–Crippen MR) is 79.1 cm³/mol. The van der Waals surface area contributed by atoms with E-state index in [1.54, 1.807) is 18.2 Å². The summed E-state index contributed by atoms with van der Waals surface area (Å²) >= 11 is 3.35. The molecular formula is C14H19BrN2O2. The van der Waals surface area contributed by atoms with Gasteiger partial charge < -0.3 is 15.8 Å². The Morgan fingerprint density at radius 2 is 2.11 bits per heavy atom. The molecule has 0 spiro atoms. The first kappa shape index (κ1) is 14.2. The Balaban J connectivity index is 1.81. The topological polar surface area (TPSA) is 64.3 Å². The van der Waals surface area contributed by atoms with Crippen LogP contribution in [0.25, 0.3) is 0 Å². The number of anilines is 1. The van der Waals surface area contributed by atoms with Gasteiger partial charge in [0.05, 0.1) is 4.47 Å². The Hall–Kier alpha value is -1.23. The van der Waals surface area contributed by atoms with Crippen molar-refractivity contribution in [3.05, 3.63) is 22.7 Å². The number of carbonyl (C=O) groups excluding carboxylic acids is 1. The van der Waals surface area contributed by atoms with E-state index in [0.29, 0.717) is 22.0 Å². The third kappa shape index (κ3) is 4.13. The van der Waals surface area contributed by atoms with Crippen molar-refractivity contribution in [2.45, 2.75) is 38.1 Å². The summed E-state index contributed by atoms with van der Waals surface area (Å²) in [4.78, 5) is 11.8. The standard InChI is InChI=1S/C14H19BrN2O2/c15-14-11(16)7-4-8-12(14)19-9-13(18)17-10-5-2-1-3-6-10/h4,7-8,10H,1-3,5-6,9,16H2,(H,17,18). The summed E-state index contributed by atoms with van der Waals surface area (Å²) in [6, 6.07) is 5.68. The van der Waals surface area contributed by atoms with Crippen LogP contribution in [0.15, 0.2) is 22.7 Å². The first-order chi connectivity index (χ1) is 9.16. The summed E-state index contributed by atoms with van der Waals surface area (Å²) in [5.74, 6) is 0.528. The maximum atomic E-state index is 11.8. The number of nitrogens with two attached hydrogens (primary N) is 1. The predicted octanol–water partition coefficient (Wildman–Crippen LogP) is 2.86. The molecule has 19 heavy (non-hydrogen) atoms. The molecule has 104 valence electrons. The fourth-order valence-corrected chi connectivity index (χ4v) is 2.68. The largest absolute Gasteiger partial charge is 0.483 e. The second kappa shape index (κ2) is 6.80. The van der Waals surface area contributed by atoms with Crippen molar-refractivity contribution in [1.29, 1.82) is 0 Å². The second-order valence-corrected chi connectivity index (χ2v) is 5.64. The third-order valence-electron chi connectivity index (χ3n) is 3.32. The number of hydrogen-bond acceptors (Lipinski definition) is 3. The number of nitrogens with one attached hydrogen (secondary N) is 1. The summed E-state index contributed by atoms with van der Waals surface area (Å²) in [5, 5.41) is 3.01. The fourth-order valence-electron chi connectivity index (χ4n) is 2.30. The molecule has 0 aliphatic heterocycles. The molecule has 1 aromatic rings. The van der Waals surface area contributed by atoms with E-state index < -0.39 is 0 Å². The second-order valence-electron chi connectivity index (χ2n) is 4.85. The molecule has 1 fully saturated rings. The molecule has 0 aromatic heterocycles. The molecular weight excluding hydrogens is 308 g/mol. The first-order valence-electron chi connectivity index (χ1n) is 6.63. The number of carbonyl (C=O) groups is 1. The SMILES string of the molecule is Nc1cccc(OCC(=O)NC2CCCCC2)c1Br. The first-order valence-corrected chi connectivity index (χ1v) is 7.42. The van der Waals surface area contributed by atoms with Gasteiger partial charge in [-0.25, -0.2) is 0 Å². The summed E-state index contributed by atoms with van der Waals surface area (Å²) in [6.07, 6.45) is 5.83. The Labute approximate surface area is 121 Å². The van der Waals surface area contributed by atoms with Crippen LogP contribution in [0.1, 0.15) is 32.1 Å². The van der Waals surface area contributed by atoms with Crippen molar-refractivity contribution in [3.8, 4) is 5.75 Å². The monoisotopic (exact) mass is 326 g/mol. The van der Waals surface area contributed by atoms with Crippen molar-refractivity contribution in [2.24, 2.45) is 0 Å². The molecule has 0 heterocycles. The van der Waals surface area contributed by atoms with E-state index in [-0.39, 0.29) is 12.5 Å². The zero-order valence-corrected chi connectivity index (χ0v) is 12.4. The Kier molecular flexibility index (Phi) is 5.07. The molecule has 2 rings (SSSR count). The lowest BCUT2D eigenvalue weighted by atomic mass is 9.95. The van der Waals surface area contributed by atoms with E-state index in [1.165, 1.54) is 19.3 Å². The van der Waals surface area contributed by atoms with Crippen molar-refractivity contribution in [3.63, 3.8) is 0 Å². The van der Waals surface area contributed by atoms with Crippen molar-refractivity contribution < 1.29 is 9.53 Å². The van der Waals surface area contributed by atoms with Gasteiger partial charge in [0.1, 0.15) is 5.75 Å². The molecule has 0 radical (unpaired) electrons. The number of hydrogen-bond donors (Lipinski definition) is 2. The van der Waals surface area contributed by atoms with Gasteiger partial charge in [0.2, 0.25) is 0 Å². The normalized spacial score (nSPS) is 16.1. The van der Waals surface area contributed by atoms with Crippen LogP contribution in [0.3, 0.4) is 0 Å². The highest BCUT2D eigenvalue weighted by molar-refractivity contribution is 9.10. The van der Waals surface area contributed by atoms with Gasteiger partial charge >= 0.3 is 0 Å². The number of benzene rings is 1. The minimum atomic E-state index is -0.0683. The molecule has 5 heteroatoms. The maximum Gasteiger partial charge on any atom is 0.258 e. The number of nitrogen functional groups attached to an aromatic ring is 1. The lowest BCUT2D eigenvalue weighted by Crippen LogP contribution is -2.39. The molecule has 0 bridgehead atoms. The average molecular weight is 327 g/mol. The fraction of sp³-hybridized carbons (Fsp3) is 0.500. The maximum absolute atomic E-state index is 11.8. The van der Waals surface area contributed by atoms with Gasteiger partial charge in [0, 0.05) is 11.7 Å². The third-order valence-corrected chi connectivity index (χ3v) is 4.17. The van der Waals surface area contributed by atoms with Crippen LogP contribution in [0.2, 0.25) is 0 Å². The number of rotatable bonds is 4. The zero-order valence-electron chi connectivity index (χ0n) is 10.8. The molecule has 1 aliphatic carbocycles. The lowest BCUT2D eigenvalue weighted by molar-refractivity contribution is -0.124. The van der Waals surface area contributed by atoms with Gasteiger partial charge in [0.25, 0.3) is 5.91 Å². The number of halogens is 1. The zero-order chi connectivity index (χ0) is 13.7. The van der Waals surface area contributed by atoms with Crippen LogP contribution in [-0.4, -0.2) is 18.6 Å². The summed E-state index contributed by atoms with van der Waals surface area (Å²) in [5.41, 5.74) is 6.35. The molecule has 0 saturated heterocycles. The summed E-state index contributed by atoms with van der Waals surface area (Å²) < 4.78 is 6.18. The lowest BCUT2D eigenvalue weighted by Gasteiger charge is -2.22. The number of ether oxygens (including phenoxy) is 1. The van der Waals surface area contributed by atoms with E-state index in [4.69, 9.17) is 10.5 Å². The van der Waals surface area contributed by atoms with E-state index >= 15 is 0 Å². The van der Waals surface area contributed by atoms with Gasteiger partial charge in [-0.15, -0.1) is 0 Å². The summed E-state index contributed by atoms with van der Waals surface area (Å²) in [7, 11) is 0. The minimum Gasteiger partial charge on any atom is -0.483 e. The van der Waals surface area contributed by atoms with E-state index in [0.717, 1.165) is 12.8 Å². The van der Waals surface area contributed by atoms with Crippen LogP contribution in [0.4, 0.5) is 5.69 Å². The van der Waals surface area contributed by atoms with Crippen LogP contribution >= 0.6 is 15.9 Å². The van der Waals surface area contributed by atoms with Crippen LogP contribution < -0.4 is 15.8 Å². The Bertz CT molecular complexity index is 445. The van der Waals surface area contributed by atoms with Gasteiger partial charge in [0.15, 0.2) is 6.61 Å². The van der Waals surface area contributed by atoms with Gasteiger partial charge in [-0.1, -0.05) is 25.3 Å². The van der Waals surface area contributed by atoms with Crippen molar-refractivity contribution in [1.82, 2.24) is 5.32 Å². The quantitative estimate of drug-likeness (QED) is 0.836. The highest BCUT2D eigenvalue weighted by Crippen LogP contribution is 2.30. The molecule has 0 unspecified atom stereocenters. The van der Waals surface area contributed by atoms with Crippen molar-refractivity contribution in [2.75, 3.05) is 12.3 Å². The Morgan fingerprint density at radius 1 is 1.37 bits per heavy atom. The van der Waals surface area contributed by atoms with E-state index in [2.05, 4.69) is 21.2 Å². The van der Waals surface area contributed by atoms with Crippen molar-refractivity contribution >= 4 is 27.5 Å². The Morgan fingerprint density at radius 3 is 2.84 bits per heavy atom. The molecule has 4 nitrogen and oxygen atoms in total. The van der Waals surface area contributed by atoms with Gasteiger partial charge in [-0.3, -0.25) is 4.79 Å². The molecule has 0 atom stereocenters. The molecule has 1 amide bonds. The highest BCUT2D eigenvalue weighted by Gasteiger charge is 2.16. The summed E-state index contributed by atoms with van der Waals surface area (Å²) in [6.45, 7) is 0.0263. The van der Waals surface area contributed by atoms with Gasteiger partial charge in [-0.2, -0.15) is 0 Å². The number of amides is 1. The van der Waals surface area contributed by atoms with E-state index in [1.807, 2.05) is 0 Å². The van der Waals surface area contributed by atoms with Crippen LogP contribution in [-0.2, 0) is 4.79 Å². The smallest absolute Gasteiger partial charge is 0.258 e. The molecule has 1 saturated carbocycles. The van der Waals surface area contributed by atoms with Crippen LogP contribution in [0.5, 0.6) is 5.75 Å². The molecule has 1 aliphatic rings. The van der Waals surface area contributed by atoms with Gasteiger partial charge in [-0.05, 0) is 40.9 Å². The van der Waals surface area contributed by atoms with Crippen LogP contribution in [0, 0.1) is 0 Å². The molecule has 3 N–H and O–H groups in total. The average Bonchev–Trinajstić information content (AvgIpc) is 2.42.